The molecule has 5 heteroatoms. The topological polar surface area (TPSA) is 68.3 Å². The Balaban J connectivity index is 1.44. The summed E-state index contributed by atoms with van der Waals surface area (Å²) in [5.74, 6) is -1.38. The van der Waals surface area contributed by atoms with Gasteiger partial charge in [-0.05, 0) is 90.9 Å². The summed E-state index contributed by atoms with van der Waals surface area (Å²) in [6, 6.07) is 0. The lowest BCUT2D eigenvalue weighted by Gasteiger charge is -2.37. The van der Waals surface area contributed by atoms with E-state index in [0.29, 0.717) is 5.41 Å². The molecular formula is C24H40O5. The van der Waals surface area contributed by atoms with Gasteiger partial charge in [-0.3, -0.25) is 4.79 Å². The Morgan fingerprint density at radius 1 is 1.21 bits per heavy atom. The molecule has 3 rings (SSSR count). The van der Waals surface area contributed by atoms with Crippen molar-refractivity contribution in [2.75, 3.05) is 0 Å². The third kappa shape index (κ3) is 5.23. The maximum atomic E-state index is 11.1. The first-order valence-corrected chi connectivity index (χ1v) is 11.4. The number of rotatable bonds is 8. The van der Waals surface area contributed by atoms with E-state index in [-0.39, 0.29) is 23.4 Å². The summed E-state index contributed by atoms with van der Waals surface area (Å²) in [5.41, 5.74) is 3.19. The minimum absolute atomic E-state index is 0.0208. The Morgan fingerprint density at radius 3 is 2.52 bits per heavy atom. The molecule has 0 saturated carbocycles. The molecule has 29 heavy (non-hydrogen) atoms. The second-order valence-electron chi connectivity index (χ2n) is 10.8. The molecule has 0 amide bonds. The lowest BCUT2D eigenvalue weighted by atomic mass is 9.70. The SMILES string of the molecule is CC1=C(CC[C@]2(C)O[C@H]2CC[C@]2(C)CC[C@@H]([C@@H](C)C(=O)O)OO2)C(C)(C)CCC1. The molecule has 2 saturated heterocycles. The molecule has 0 unspecified atom stereocenters. The molecule has 1 aliphatic carbocycles. The Hall–Kier alpha value is -0.910. The van der Waals surface area contributed by atoms with Crippen LogP contribution < -0.4 is 0 Å². The van der Waals surface area contributed by atoms with Gasteiger partial charge in [0.2, 0.25) is 0 Å². The van der Waals surface area contributed by atoms with Gasteiger partial charge in [0, 0.05) is 0 Å². The maximum Gasteiger partial charge on any atom is 0.308 e. The van der Waals surface area contributed by atoms with Crippen LogP contribution in [0, 0.1) is 11.3 Å². The van der Waals surface area contributed by atoms with Crippen LogP contribution in [-0.2, 0) is 19.3 Å². The summed E-state index contributed by atoms with van der Waals surface area (Å²) >= 11 is 0. The van der Waals surface area contributed by atoms with Gasteiger partial charge < -0.3 is 9.84 Å². The highest BCUT2D eigenvalue weighted by Crippen LogP contribution is 2.49. The molecule has 0 bridgehead atoms. The van der Waals surface area contributed by atoms with E-state index in [1.54, 1.807) is 18.1 Å². The van der Waals surface area contributed by atoms with Crippen LogP contribution in [0.25, 0.3) is 0 Å². The van der Waals surface area contributed by atoms with E-state index in [0.717, 1.165) is 38.5 Å². The number of carbonyl (C=O) groups is 1. The van der Waals surface area contributed by atoms with Gasteiger partial charge in [0.05, 0.1) is 17.6 Å². The number of carboxylic acids is 1. The molecule has 1 N–H and O–H groups in total. The van der Waals surface area contributed by atoms with Crippen molar-refractivity contribution in [3.05, 3.63) is 11.1 Å². The van der Waals surface area contributed by atoms with Crippen LogP contribution in [0.15, 0.2) is 11.1 Å². The van der Waals surface area contributed by atoms with Crippen molar-refractivity contribution in [2.45, 2.75) is 123 Å². The Bertz CT molecular complexity index is 644. The third-order valence-corrected chi connectivity index (χ3v) is 7.81. The van der Waals surface area contributed by atoms with E-state index in [2.05, 4.69) is 34.6 Å². The molecule has 0 spiro atoms. The zero-order chi connectivity index (χ0) is 21.4. The number of epoxide rings is 1. The minimum atomic E-state index is -0.837. The van der Waals surface area contributed by atoms with Crippen LogP contribution >= 0.6 is 0 Å². The van der Waals surface area contributed by atoms with E-state index in [4.69, 9.17) is 19.6 Å². The summed E-state index contributed by atoms with van der Waals surface area (Å²) in [7, 11) is 0. The van der Waals surface area contributed by atoms with Gasteiger partial charge in [0.15, 0.2) is 0 Å². The Morgan fingerprint density at radius 2 is 1.93 bits per heavy atom. The van der Waals surface area contributed by atoms with Crippen molar-refractivity contribution in [1.29, 1.82) is 0 Å². The highest BCUT2D eigenvalue weighted by atomic mass is 17.2. The first-order valence-electron chi connectivity index (χ1n) is 11.4. The molecule has 5 atom stereocenters. The van der Waals surface area contributed by atoms with Gasteiger partial charge in [-0.2, -0.15) is 0 Å². The quantitative estimate of drug-likeness (QED) is 0.311. The van der Waals surface area contributed by atoms with Gasteiger partial charge in [0.25, 0.3) is 0 Å². The third-order valence-electron chi connectivity index (χ3n) is 7.81. The van der Waals surface area contributed by atoms with E-state index in [1.165, 1.54) is 19.3 Å². The largest absolute Gasteiger partial charge is 0.481 e. The number of aliphatic carboxylic acids is 1. The first kappa shape index (κ1) is 22.8. The molecule has 3 aliphatic rings. The molecule has 166 valence electrons. The van der Waals surface area contributed by atoms with E-state index >= 15 is 0 Å². The standard InChI is InChI=1S/C24H40O5/c1-16-8-7-12-22(3,4)18(16)9-15-24(6)20(27-24)11-14-23(5)13-10-19(28-29-23)17(2)21(25)26/h17,19-20H,7-15H2,1-6H3,(H,25,26)/t17-,19+,20+,23+,24+/m1/s1. The second kappa shape index (κ2) is 8.32. The fraction of sp³-hybridized carbons (Fsp3) is 0.875. The average molecular weight is 409 g/mol. The van der Waals surface area contributed by atoms with Crippen molar-refractivity contribution in [3.8, 4) is 0 Å². The molecule has 5 nitrogen and oxygen atoms in total. The highest BCUT2D eigenvalue weighted by molar-refractivity contribution is 5.70. The van der Waals surface area contributed by atoms with E-state index < -0.39 is 11.9 Å². The normalized spacial score (nSPS) is 38.0. The minimum Gasteiger partial charge on any atom is -0.481 e. The van der Waals surface area contributed by atoms with Crippen molar-refractivity contribution in [3.63, 3.8) is 0 Å². The van der Waals surface area contributed by atoms with Crippen molar-refractivity contribution < 1.29 is 24.4 Å². The van der Waals surface area contributed by atoms with Crippen molar-refractivity contribution in [1.82, 2.24) is 0 Å². The molecule has 0 aromatic rings. The number of hydrogen-bond donors (Lipinski definition) is 1. The fourth-order valence-corrected chi connectivity index (χ4v) is 5.29. The zero-order valence-electron chi connectivity index (χ0n) is 19.2. The zero-order valence-corrected chi connectivity index (χ0v) is 19.2. The van der Waals surface area contributed by atoms with Crippen LogP contribution in [0.5, 0.6) is 0 Å². The van der Waals surface area contributed by atoms with Gasteiger partial charge in [0.1, 0.15) is 11.7 Å². The number of ether oxygens (including phenoxy) is 1. The van der Waals surface area contributed by atoms with Gasteiger partial charge in [-0.25, -0.2) is 9.78 Å². The number of hydrogen-bond acceptors (Lipinski definition) is 4. The van der Waals surface area contributed by atoms with Crippen LogP contribution in [-0.4, -0.2) is 34.5 Å². The summed E-state index contributed by atoms with van der Waals surface area (Å²) in [6.07, 6.45) is 9.35. The predicted octanol–water partition coefficient (Wildman–Crippen LogP) is 5.82. The molecular weight excluding hydrogens is 368 g/mol. The van der Waals surface area contributed by atoms with E-state index in [9.17, 15) is 4.79 Å². The van der Waals surface area contributed by atoms with Crippen LogP contribution in [0.1, 0.15) is 99.3 Å². The Labute approximate surface area is 176 Å². The highest BCUT2D eigenvalue weighted by Gasteiger charge is 2.52. The molecule has 2 fully saturated rings. The van der Waals surface area contributed by atoms with Gasteiger partial charge in [-0.1, -0.05) is 25.0 Å². The second-order valence-corrected chi connectivity index (χ2v) is 10.8. The maximum absolute atomic E-state index is 11.1. The van der Waals surface area contributed by atoms with Crippen LogP contribution in [0.3, 0.4) is 0 Å². The van der Waals surface area contributed by atoms with Crippen LogP contribution in [0.4, 0.5) is 0 Å². The fourth-order valence-electron chi connectivity index (χ4n) is 5.29. The molecule has 2 aliphatic heterocycles. The molecule has 2 heterocycles. The number of allylic oxidation sites excluding steroid dienone is 2. The predicted molar refractivity (Wildman–Crippen MR) is 112 cm³/mol. The summed E-state index contributed by atoms with van der Waals surface area (Å²) in [5, 5.41) is 9.14. The molecule has 0 radical (unpaired) electrons. The summed E-state index contributed by atoms with van der Waals surface area (Å²) in [6.45, 7) is 13.1. The lowest BCUT2D eigenvalue weighted by molar-refractivity contribution is -0.411. The van der Waals surface area contributed by atoms with Crippen LogP contribution in [0.2, 0.25) is 0 Å². The monoisotopic (exact) mass is 408 g/mol. The first-order chi connectivity index (χ1) is 13.5. The van der Waals surface area contributed by atoms with Crippen molar-refractivity contribution in [2.24, 2.45) is 11.3 Å². The molecule has 0 aromatic heterocycles. The smallest absolute Gasteiger partial charge is 0.308 e. The van der Waals surface area contributed by atoms with E-state index in [1.807, 2.05) is 0 Å². The van der Waals surface area contributed by atoms with Gasteiger partial charge >= 0.3 is 5.97 Å². The number of carboxylic acid groups (broad SMARTS) is 1. The van der Waals surface area contributed by atoms with Crippen molar-refractivity contribution >= 4 is 5.97 Å². The summed E-state index contributed by atoms with van der Waals surface area (Å²) in [4.78, 5) is 22.3. The summed E-state index contributed by atoms with van der Waals surface area (Å²) < 4.78 is 6.13. The van der Waals surface area contributed by atoms with Gasteiger partial charge in [-0.15, -0.1) is 0 Å². The average Bonchev–Trinajstić information content (AvgIpc) is 3.29. The Kier molecular flexibility index (Phi) is 6.53. The molecule has 0 aromatic carbocycles. The lowest BCUT2D eigenvalue weighted by Crippen LogP contribution is -2.41.